The Morgan fingerprint density at radius 2 is 1.41 bits per heavy atom. The summed E-state index contributed by atoms with van der Waals surface area (Å²) in [6.45, 7) is 0. The first-order valence-corrected chi connectivity index (χ1v) is 11.0. The molecule has 0 aliphatic carbocycles. The van der Waals surface area contributed by atoms with Crippen LogP contribution in [0.4, 0.5) is 0 Å². The quantitative estimate of drug-likeness (QED) is 0.243. The Labute approximate surface area is 168 Å². The number of hydrogen-bond donors (Lipinski definition) is 0. The summed E-state index contributed by atoms with van der Waals surface area (Å²) < 4.78 is 7.90. The van der Waals surface area contributed by atoms with Gasteiger partial charge in [-0.05, 0) is 18.0 Å². The molecular weight excluding hydrogens is 447 g/mol. The second-order valence-electron chi connectivity index (χ2n) is 5.20. The third-order valence-electron chi connectivity index (χ3n) is 3.38. The number of rotatable bonds is 5. The van der Waals surface area contributed by atoms with Crippen LogP contribution in [0.25, 0.3) is 0 Å². The van der Waals surface area contributed by atoms with Gasteiger partial charge in [-0.25, -0.2) is 0 Å². The molecule has 0 atom stereocenters. The minimum atomic E-state index is -0.517. The molecule has 0 amide bonds. The molecule has 6 heteroatoms. The first kappa shape index (κ1) is 20.5. The van der Waals surface area contributed by atoms with E-state index in [0.717, 1.165) is 0 Å². The molecule has 0 aliphatic heterocycles. The van der Waals surface area contributed by atoms with E-state index in [2.05, 4.69) is 70.9 Å². The van der Waals surface area contributed by atoms with Gasteiger partial charge in [-0.15, -0.1) is 0 Å². The molecule has 5 nitrogen and oxygen atoms in total. The number of benzene rings is 3. The number of para-hydroxylation sites is 1. The molecular formula is C21H18N2O3Sn. The third kappa shape index (κ3) is 7.14. The van der Waals surface area contributed by atoms with Crippen LogP contribution in [0, 0.1) is 0 Å². The van der Waals surface area contributed by atoms with Gasteiger partial charge in [-0.2, -0.15) is 10.2 Å². The van der Waals surface area contributed by atoms with Gasteiger partial charge < -0.3 is 14.9 Å². The average Bonchev–Trinajstić information content (AvgIpc) is 2.71. The molecule has 0 fully saturated rings. The Morgan fingerprint density at radius 1 is 0.815 bits per heavy atom. The Hall–Kier alpha value is -2.80. The molecule has 27 heavy (non-hydrogen) atoms. The van der Waals surface area contributed by atoms with Crippen LogP contribution < -0.4 is 22.1 Å². The van der Waals surface area contributed by atoms with Crippen molar-refractivity contribution in [2.24, 2.45) is 10.2 Å². The van der Waals surface area contributed by atoms with Gasteiger partial charge in [-0.1, -0.05) is 17.9 Å². The van der Waals surface area contributed by atoms with Crippen molar-refractivity contribution in [1.29, 1.82) is 0 Å². The van der Waals surface area contributed by atoms with Crippen molar-refractivity contribution in [3.8, 4) is 11.5 Å². The standard InChI is InChI=1S/C9H10N2O3.2C6H5.Sn/c1-14-8-4-2-3-7(9(8)13)5-10-11-6-12;2*1-2-4-6-5-3-1;/h2-6,13H,1H3,(H,11,12);2*1-5H;/q;;;+2/p-2/b10-5+;;;. The second kappa shape index (κ2) is 11.7. The first-order valence-electron chi connectivity index (χ1n) is 8.12. The van der Waals surface area contributed by atoms with E-state index >= 15 is 0 Å². The molecule has 3 aromatic rings. The van der Waals surface area contributed by atoms with E-state index in [-0.39, 0.29) is 11.5 Å². The van der Waals surface area contributed by atoms with Crippen molar-refractivity contribution < 1.29 is 14.9 Å². The molecule has 3 aromatic carbocycles. The number of ether oxygens (including phenoxy) is 1. The van der Waals surface area contributed by atoms with Crippen molar-refractivity contribution in [3.05, 3.63) is 84.4 Å². The Bertz CT molecular complexity index is 832. The third-order valence-corrected chi connectivity index (χ3v) is 6.93. The molecule has 134 valence electrons. The summed E-state index contributed by atoms with van der Waals surface area (Å²) in [5.41, 5.74) is 0.329. The first-order chi connectivity index (χ1) is 13.2. The van der Waals surface area contributed by atoms with Crippen LogP contribution in [-0.4, -0.2) is 40.9 Å². The van der Waals surface area contributed by atoms with Gasteiger partial charge in [0.15, 0.2) is 0 Å². The zero-order valence-electron chi connectivity index (χ0n) is 14.8. The van der Waals surface area contributed by atoms with Crippen molar-refractivity contribution >= 4 is 40.9 Å². The van der Waals surface area contributed by atoms with Gasteiger partial charge in [0.05, 0.1) is 13.3 Å². The van der Waals surface area contributed by atoms with Crippen LogP contribution in [-0.2, 0) is 0 Å². The van der Waals surface area contributed by atoms with E-state index in [9.17, 15) is 10.2 Å². The monoisotopic (exact) mass is 466 g/mol. The fraction of sp³-hybridized carbons (Fsp3) is 0.0476. The van der Waals surface area contributed by atoms with E-state index in [1.54, 1.807) is 18.2 Å². The van der Waals surface area contributed by atoms with Gasteiger partial charge in [-0.3, -0.25) is 0 Å². The molecule has 0 bridgehead atoms. The molecule has 0 unspecified atom stereocenters. The summed E-state index contributed by atoms with van der Waals surface area (Å²) in [5.74, 6) is -0.0418. The number of hydrogen-bond acceptors (Lipinski definition) is 5. The summed E-state index contributed by atoms with van der Waals surface area (Å²) in [7, 11) is 1.41. The summed E-state index contributed by atoms with van der Waals surface area (Å²) in [4.78, 5) is 0. The van der Waals surface area contributed by atoms with Crippen LogP contribution in [0.1, 0.15) is 5.56 Å². The minimum absolute atomic E-state index is 0.236. The Morgan fingerprint density at radius 3 is 1.93 bits per heavy atom. The van der Waals surface area contributed by atoms with Gasteiger partial charge in [0.25, 0.3) is 0 Å². The van der Waals surface area contributed by atoms with Gasteiger partial charge in [0.1, 0.15) is 5.75 Å². The predicted molar refractivity (Wildman–Crippen MR) is 106 cm³/mol. The van der Waals surface area contributed by atoms with Crippen molar-refractivity contribution in [3.63, 3.8) is 0 Å². The van der Waals surface area contributed by atoms with Crippen LogP contribution in [0.3, 0.4) is 0 Å². The summed E-state index contributed by atoms with van der Waals surface area (Å²) >= 11 is -0.517. The SMILES string of the molecule is COc1cccc(/C=N/N=C\[O-])c1[O-].c1cc[c]([Sn+2][c]2ccccc2)cc1. The fourth-order valence-corrected chi connectivity index (χ4v) is 5.13. The van der Waals surface area contributed by atoms with Gasteiger partial charge in [0, 0.05) is 0 Å². The zero-order valence-corrected chi connectivity index (χ0v) is 17.6. The van der Waals surface area contributed by atoms with E-state index in [0.29, 0.717) is 12.0 Å². The number of nitrogens with zero attached hydrogens (tertiary/aromatic N) is 2. The van der Waals surface area contributed by atoms with Crippen LogP contribution in [0.5, 0.6) is 11.5 Å². The maximum atomic E-state index is 11.4. The molecule has 0 heterocycles. The summed E-state index contributed by atoms with van der Waals surface area (Å²) in [6, 6.07) is 26.4. The van der Waals surface area contributed by atoms with Crippen molar-refractivity contribution in [2.45, 2.75) is 0 Å². The summed E-state index contributed by atoms with van der Waals surface area (Å²) in [5, 5.41) is 27.7. The molecule has 0 N–H and O–H groups in total. The van der Waals surface area contributed by atoms with E-state index in [4.69, 9.17) is 4.74 Å². The molecule has 0 saturated carbocycles. The predicted octanol–water partition coefficient (Wildman–Crippen LogP) is 0.833. The molecule has 0 spiro atoms. The van der Waals surface area contributed by atoms with Crippen molar-refractivity contribution in [1.82, 2.24) is 0 Å². The van der Waals surface area contributed by atoms with E-state index < -0.39 is 21.1 Å². The molecule has 0 aliphatic rings. The Balaban J connectivity index is 0.000000194. The van der Waals surface area contributed by atoms with Crippen LogP contribution in [0.2, 0.25) is 0 Å². The maximum absolute atomic E-state index is 11.4. The second-order valence-corrected chi connectivity index (χ2v) is 9.21. The molecule has 3 rings (SSSR count). The zero-order chi connectivity index (χ0) is 19.3. The summed E-state index contributed by atoms with van der Waals surface area (Å²) in [6.07, 6.45) is 1.50. The fourth-order valence-electron chi connectivity index (χ4n) is 2.13. The molecule has 0 saturated heterocycles. The van der Waals surface area contributed by atoms with E-state index in [1.807, 2.05) is 0 Å². The van der Waals surface area contributed by atoms with Crippen LogP contribution in [0.15, 0.2) is 89.1 Å². The normalized spacial score (nSPS) is 10.3. The van der Waals surface area contributed by atoms with Gasteiger partial charge in [0.2, 0.25) is 0 Å². The van der Waals surface area contributed by atoms with Crippen molar-refractivity contribution in [2.75, 3.05) is 7.11 Å². The molecule has 0 radical (unpaired) electrons. The molecule has 0 aromatic heterocycles. The average molecular weight is 465 g/mol. The number of methoxy groups -OCH3 is 1. The topological polar surface area (TPSA) is 80.1 Å². The van der Waals surface area contributed by atoms with Gasteiger partial charge >= 0.3 is 89.0 Å². The van der Waals surface area contributed by atoms with Crippen LogP contribution >= 0.6 is 0 Å². The Kier molecular flexibility index (Phi) is 8.92. The van der Waals surface area contributed by atoms with E-state index in [1.165, 1.54) is 20.5 Å².